The van der Waals surface area contributed by atoms with Gasteiger partial charge in [0.25, 0.3) is 0 Å². The molecular formula is C18H32N2O3. The van der Waals surface area contributed by atoms with Gasteiger partial charge in [0.15, 0.2) is 0 Å². The van der Waals surface area contributed by atoms with Gasteiger partial charge in [0, 0.05) is 25.6 Å². The van der Waals surface area contributed by atoms with Crippen molar-refractivity contribution in [2.24, 2.45) is 0 Å². The maximum Gasteiger partial charge on any atom is 0.410 e. The van der Waals surface area contributed by atoms with Crippen LogP contribution in [0.4, 0.5) is 4.79 Å². The fourth-order valence-corrected chi connectivity index (χ4v) is 3.95. The quantitative estimate of drug-likeness (QED) is 0.780. The molecule has 2 rings (SSSR count). The first-order valence-corrected chi connectivity index (χ1v) is 8.97. The smallest absolute Gasteiger partial charge is 0.410 e. The number of hydrogen-bond donors (Lipinski definition) is 0. The molecule has 1 aliphatic heterocycles. The highest BCUT2D eigenvalue weighted by atomic mass is 16.6. The molecule has 1 heterocycles. The number of hydrogen-bond acceptors (Lipinski definition) is 3. The lowest BCUT2D eigenvalue weighted by molar-refractivity contribution is -0.134. The SMILES string of the molecule is CC(=O)N(C1CCCCC1)[C@H]1C[C@H](C)N(C(=O)OC(C)(C)C)C1. The van der Waals surface area contributed by atoms with Crippen LogP contribution in [0.25, 0.3) is 0 Å². The lowest BCUT2D eigenvalue weighted by Gasteiger charge is -2.38. The van der Waals surface area contributed by atoms with Crippen LogP contribution in [0.5, 0.6) is 0 Å². The molecule has 0 aromatic rings. The largest absolute Gasteiger partial charge is 0.444 e. The highest BCUT2D eigenvalue weighted by molar-refractivity contribution is 5.74. The van der Waals surface area contributed by atoms with E-state index in [0.717, 1.165) is 19.3 Å². The Hall–Kier alpha value is -1.26. The zero-order chi connectivity index (χ0) is 17.2. The first-order chi connectivity index (χ1) is 10.7. The van der Waals surface area contributed by atoms with Gasteiger partial charge in [-0.1, -0.05) is 19.3 Å². The first-order valence-electron chi connectivity index (χ1n) is 8.97. The molecule has 0 bridgehead atoms. The van der Waals surface area contributed by atoms with Crippen LogP contribution >= 0.6 is 0 Å². The molecule has 0 spiro atoms. The Morgan fingerprint density at radius 1 is 1.09 bits per heavy atom. The molecule has 2 amide bonds. The molecule has 1 aliphatic carbocycles. The third kappa shape index (κ3) is 4.61. The van der Waals surface area contributed by atoms with Crippen molar-refractivity contribution in [1.82, 2.24) is 9.80 Å². The van der Waals surface area contributed by atoms with Gasteiger partial charge in [-0.2, -0.15) is 0 Å². The molecule has 1 saturated carbocycles. The lowest BCUT2D eigenvalue weighted by Crippen LogP contribution is -2.48. The van der Waals surface area contributed by atoms with Gasteiger partial charge in [-0.25, -0.2) is 4.79 Å². The van der Waals surface area contributed by atoms with Crippen LogP contribution in [-0.4, -0.2) is 52.1 Å². The van der Waals surface area contributed by atoms with E-state index in [-0.39, 0.29) is 24.1 Å². The van der Waals surface area contributed by atoms with Gasteiger partial charge in [-0.3, -0.25) is 4.79 Å². The molecule has 0 aromatic heterocycles. The van der Waals surface area contributed by atoms with Crippen molar-refractivity contribution < 1.29 is 14.3 Å². The van der Waals surface area contributed by atoms with Gasteiger partial charge < -0.3 is 14.5 Å². The molecule has 5 nitrogen and oxygen atoms in total. The van der Waals surface area contributed by atoms with Gasteiger partial charge in [-0.05, 0) is 47.0 Å². The minimum absolute atomic E-state index is 0.111. The Kier molecular flexibility index (Phi) is 5.58. The van der Waals surface area contributed by atoms with Crippen molar-refractivity contribution in [3.8, 4) is 0 Å². The van der Waals surface area contributed by atoms with E-state index >= 15 is 0 Å². The third-order valence-corrected chi connectivity index (χ3v) is 4.91. The highest BCUT2D eigenvalue weighted by Crippen LogP contribution is 2.30. The average molecular weight is 324 g/mol. The summed E-state index contributed by atoms with van der Waals surface area (Å²) in [5.41, 5.74) is -0.488. The molecule has 23 heavy (non-hydrogen) atoms. The van der Waals surface area contributed by atoms with Crippen molar-refractivity contribution >= 4 is 12.0 Å². The van der Waals surface area contributed by atoms with Gasteiger partial charge >= 0.3 is 6.09 Å². The number of likely N-dealkylation sites (tertiary alicyclic amines) is 1. The van der Waals surface area contributed by atoms with Crippen molar-refractivity contribution in [3.05, 3.63) is 0 Å². The third-order valence-electron chi connectivity index (χ3n) is 4.91. The fraction of sp³-hybridized carbons (Fsp3) is 0.889. The van der Waals surface area contributed by atoms with Crippen LogP contribution in [0.1, 0.15) is 73.1 Å². The van der Waals surface area contributed by atoms with Crippen LogP contribution in [0.15, 0.2) is 0 Å². The van der Waals surface area contributed by atoms with E-state index in [2.05, 4.69) is 4.90 Å². The van der Waals surface area contributed by atoms with E-state index < -0.39 is 5.60 Å². The monoisotopic (exact) mass is 324 g/mol. The predicted molar refractivity (Wildman–Crippen MR) is 90.2 cm³/mol. The molecule has 0 aromatic carbocycles. The zero-order valence-corrected chi connectivity index (χ0v) is 15.3. The average Bonchev–Trinajstić information content (AvgIpc) is 2.79. The van der Waals surface area contributed by atoms with E-state index in [1.54, 1.807) is 11.8 Å². The summed E-state index contributed by atoms with van der Waals surface area (Å²) in [5.74, 6) is 0.139. The van der Waals surface area contributed by atoms with E-state index in [9.17, 15) is 9.59 Å². The van der Waals surface area contributed by atoms with Crippen molar-refractivity contribution in [2.75, 3.05) is 6.54 Å². The van der Waals surface area contributed by atoms with E-state index in [4.69, 9.17) is 4.74 Å². The normalized spacial score (nSPS) is 26.2. The first kappa shape index (κ1) is 18.1. The highest BCUT2D eigenvalue weighted by Gasteiger charge is 2.40. The Labute approximate surface area is 140 Å². The predicted octanol–water partition coefficient (Wildman–Crippen LogP) is 3.57. The summed E-state index contributed by atoms with van der Waals surface area (Å²) in [7, 11) is 0. The molecule has 2 atom stereocenters. The Morgan fingerprint density at radius 2 is 1.70 bits per heavy atom. The van der Waals surface area contributed by atoms with Crippen LogP contribution in [-0.2, 0) is 9.53 Å². The number of carbonyl (C=O) groups excluding carboxylic acids is 2. The van der Waals surface area contributed by atoms with E-state index in [0.29, 0.717) is 12.6 Å². The molecule has 0 unspecified atom stereocenters. The molecule has 0 N–H and O–H groups in total. The molecule has 2 aliphatic rings. The molecular weight excluding hydrogens is 292 g/mol. The maximum absolute atomic E-state index is 12.4. The topological polar surface area (TPSA) is 49.9 Å². The Balaban J connectivity index is 2.05. The van der Waals surface area contributed by atoms with Crippen LogP contribution < -0.4 is 0 Å². The summed E-state index contributed by atoms with van der Waals surface area (Å²) >= 11 is 0. The van der Waals surface area contributed by atoms with Gasteiger partial charge in [0.2, 0.25) is 5.91 Å². The standard InChI is InChI=1S/C18H32N2O3/c1-13-11-16(12-19(13)17(22)23-18(3,4)5)20(14(2)21)15-9-7-6-8-10-15/h13,15-16H,6-12H2,1-5H3/t13-,16-/m0/s1. The molecule has 5 heteroatoms. The van der Waals surface area contributed by atoms with Crippen LogP contribution in [0, 0.1) is 0 Å². The molecule has 0 radical (unpaired) electrons. The number of carbonyl (C=O) groups is 2. The number of ether oxygens (including phenoxy) is 1. The number of amides is 2. The van der Waals surface area contributed by atoms with Crippen molar-refractivity contribution in [3.63, 3.8) is 0 Å². The molecule has 2 fully saturated rings. The van der Waals surface area contributed by atoms with Gasteiger partial charge in [0.1, 0.15) is 5.60 Å². The minimum atomic E-state index is -0.488. The summed E-state index contributed by atoms with van der Waals surface area (Å²) in [6.45, 7) is 9.94. The number of nitrogens with zero attached hydrogens (tertiary/aromatic N) is 2. The van der Waals surface area contributed by atoms with E-state index in [1.807, 2.05) is 27.7 Å². The summed E-state index contributed by atoms with van der Waals surface area (Å²) in [4.78, 5) is 28.5. The van der Waals surface area contributed by atoms with Crippen molar-refractivity contribution in [1.29, 1.82) is 0 Å². The van der Waals surface area contributed by atoms with E-state index in [1.165, 1.54) is 19.3 Å². The Morgan fingerprint density at radius 3 is 2.22 bits per heavy atom. The van der Waals surface area contributed by atoms with Crippen LogP contribution in [0.2, 0.25) is 0 Å². The van der Waals surface area contributed by atoms with Crippen molar-refractivity contribution in [2.45, 2.75) is 96.9 Å². The molecule has 132 valence electrons. The second-order valence-electron chi connectivity index (χ2n) is 8.09. The maximum atomic E-state index is 12.4. The fourth-order valence-electron chi connectivity index (χ4n) is 3.95. The minimum Gasteiger partial charge on any atom is -0.444 e. The second-order valence-corrected chi connectivity index (χ2v) is 8.09. The zero-order valence-electron chi connectivity index (χ0n) is 15.3. The lowest BCUT2D eigenvalue weighted by atomic mass is 9.92. The van der Waals surface area contributed by atoms with Gasteiger partial charge in [-0.15, -0.1) is 0 Å². The van der Waals surface area contributed by atoms with Crippen LogP contribution in [0.3, 0.4) is 0 Å². The summed E-state index contributed by atoms with van der Waals surface area (Å²) in [6, 6.07) is 0.579. The number of rotatable bonds is 2. The Bertz CT molecular complexity index is 438. The summed E-state index contributed by atoms with van der Waals surface area (Å²) in [6.07, 6.45) is 6.44. The summed E-state index contributed by atoms with van der Waals surface area (Å²) in [5, 5.41) is 0. The summed E-state index contributed by atoms with van der Waals surface area (Å²) < 4.78 is 5.51. The second kappa shape index (κ2) is 7.10. The molecule has 1 saturated heterocycles. The van der Waals surface area contributed by atoms with Gasteiger partial charge in [0.05, 0.1) is 6.04 Å².